The number of benzene rings is 2. The summed E-state index contributed by atoms with van der Waals surface area (Å²) in [4.78, 5) is 5.68. The van der Waals surface area contributed by atoms with Crippen molar-refractivity contribution in [3.05, 3.63) is 64.3 Å². The minimum Gasteiger partial charge on any atom is -0.497 e. The van der Waals surface area contributed by atoms with Crippen molar-refractivity contribution < 1.29 is 22.6 Å². The molecule has 0 spiro atoms. The predicted molar refractivity (Wildman–Crippen MR) is 99.5 cm³/mol. The second-order valence-electron chi connectivity index (χ2n) is 6.54. The Balaban J connectivity index is 1.74. The predicted octanol–water partition coefficient (Wildman–Crippen LogP) is 5.27. The molecule has 0 unspecified atom stereocenters. The second-order valence-corrected chi connectivity index (χ2v) is 6.97. The Hall–Kier alpha value is -2.51. The zero-order valence-corrected chi connectivity index (χ0v) is 15.6. The number of hydrogen-bond donors (Lipinski definition) is 0. The molecule has 8 heteroatoms. The maximum Gasteiger partial charge on any atom is 0.433 e. The number of halogens is 4. The van der Waals surface area contributed by atoms with Crippen LogP contribution in [0.25, 0.3) is 10.9 Å². The molecule has 28 heavy (non-hydrogen) atoms. The molecule has 0 amide bonds. The lowest BCUT2D eigenvalue weighted by Gasteiger charge is -2.31. The summed E-state index contributed by atoms with van der Waals surface area (Å²) in [5.41, 5.74) is 0.245. The van der Waals surface area contributed by atoms with Gasteiger partial charge in [-0.1, -0.05) is 23.7 Å². The van der Waals surface area contributed by atoms with Crippen molar-refractivity contribution in [3.8, 4) is 11.5 Å². The number of nitrogens with zero attached hydrogens (tertiary/aromatic N) is 2. The van der Waals surface area contributed by atoms with Crippen LogP contribution in [0.5, 0.6) is 11.5 Å². The van der Waals surface area contributed by atoms with Crippen LogP contribution < -0.4 is 9.47 Å². The summed E-state index contributed by atoms with van der Waals surface area (Å²) < 4.78 is 52.0. The van der Waals surface area contributed by atoms with Gasteiger partial charge in [-0.3, -0.25) is 4.90 Å². The van der Waals surface area contributed by atoms with Gasteiger partial charge in [0.1, 0.15) is 18.2 Å². The first kappa shape index (κ1) is 18.8. The number of methoxy groups -OCH3 is 1. The summed E-state index contributed by atoms with van der Waals surface area (Å²) >= 11 is 5.89. The molecule has 2 heterocycles. The standard InChI is InChI=1S/C20H16ClF3N2O2/c1-27-14-6-7-15-17(8-14)25-19(20(22,23)24)16-10-26(11-28-18(15)16)9-12-2-4-13(21)5-3-12/h2-8H,9-11H2,1H3. The molecule has 0 bridgehead atoms. The van der Waals surface area contributed by atoms with Crippen molar-refractivity contribution in [3.63, 3.8) is 0 Å². The topological polar surface area (TPSA) is 34.6 Å². The van der Waals surface area contributed by atoms with Crippen LogP contribution in [0.3, 0.4) is 0 Å². The van der Waals surface area contributed by atoms with Crippen molar-refractivity contribution in [2.45, 2.75) is 19.3 Å². The van der Waals surface area contributed by atoms with Crippen molar-refractivity contribution in [1.29, 1.82) is 0 Å². The van der Waals surface area contributed by atoms with Crippen molar-refractivity contribution in [1.82, 2.24) is 9.88 Å². The summed E-state index contributed by atoms with van der Waals surface area (Å²) in [7, 11) is 1.45. The smallest absolute Gasteiger partial charge is 0.433 e. The minimum absolute atomic E-state index is 0.0466. The van der Waals surface area contributed by atoms with Crippen molar-refractivity contribution >= 4 is 22.5 Å². The fraction of sp³-hybridized carbons (Fsp3) is 0.250. The minimum atomic E-state index is -4.59. The first-order chi connectivity index (χ1) is 13.3. The zero-order valence-electron chi connectivity index (χ0n) is 14.9. The Morgan fingerprint density at radius 3 is 2.61 bits per heavy atom. The molecule has 4 nitrogen and oxygen atoms in total. The van der Waals surface area contributed by atoms with Gasteiger partial charge in [-0.2, -0.15) is 13.2 Å². The molecule has 146 valence electrons. The third-order valence-electron chi connectivity index (χ3n) is 4.60. The number of rotatable bonds is 3. The number of pyridine rings is 1. The average Bonchev–Trinajstić information content (AvgIpc) is 2.67. The quantitative estimate of drug-likeness (QED) is 0.591. The summed E-state index contributed by atoms with van der Waals surface area (Å²) in [5, 5.41) is 1.14. The van der Waals surface area contributed by atoms with Gasteiger partial charge >= 0.3 is 6.18 Å². The molecule has 2 aromatic carbocycles. The van der Waals surface area contributed by atoms with Gasteiger partial charge in [-0.25, -0.2) is 4.98 Å². The molecule has 0 radical (unpaired) electrons. The third-order valence-corrected chi connectivity index (χ3v) is 4.85. The van der Waals surface area contributed by atoms with E-state index in [-0.39, 0.29) is 30.1 Å². The van der Waals surface area contributed by atoms with Gasteiger partial charge in [0.2, 0.25) is 0 Å². The van der Waals surface area contributed by atoms with Crippen LogP contribution in [0.15, 0.2) is 42.5 Å². The van der Waals surface area contributed by atoms with Gasteiger partial charge in [0.05, 0.1) is 12.6 Å². The Morgan fingerprint density at radius 2 is 1.93 bits per heavy atom. The van der Waals surface area contributed by atoms with E-state index in [0.717, 1.165) is 5.56 Å². The van der Waals surface area contributed by atoms with Crippen LogP contribution in [0, 0.1) is 0 Å². The van der Waals surface area contributed by atoms with E-state index in [1.807, 2.05) is 12.1 Å². The van der Waals surface area contributed by atoms with E-state index in [1.165, 1.54) is 13.2 Å². The van der Waals surface area contributed by atoms with Crippen LogP contribution in [0.1, 0.15) is 16.8 Å². The Morgan fingerprint density at radius 1 is 1.18 bits per heavy atom. The molecular weight excluding hydrogens is 393 g/mol. The lowest BCUT2D eigenvalue weighted by molar-refractivity contribution is -0.142. The molecule has 1 aliphatic rings. The van der Waals surface area contributed by atoms with Crippen LogP contribution >= 0.6 is 11.6 Å². The van der Waals surface area contributed by atoms with E-state index in [1.54, 1.807) is 29.2 Å². The highest BCUT2D eigenvalue weighted by Crippen LogP contribution is 2.42. The molecule has 3 aromatic rings. The van der Waals surface area contributed by atoms with Gasteiger partial charge in [0, 0.05) is 35.1 Å². The molecule has 1 aromatic heterocycles. The number of aromatic nitrogens is 1. The normalized spacial score (nSPS) is 14.6. The molecule has 0 fully saturated rings. The summed E-state index contributed by atoms with van der Waals surface area (Å²) in [6.07, 6.45) is -4.59. The highest BCUT2D eigenvalue weighted by Gasteiger charge is 2.39. The van der Waals surface area contributed by atoms with E-state index < -0.39 is 11.9 Å². The van der Waals surface area contributed by atoms with Crippen molar-refractivity contribution in [2.75, 3.05) is 13.8 Å². The van der Waals surface area contributed by atoms with E-state index >= 15 is 0 Å². The summed E-state index contributed by atoms with van der Waals surface area (Å²) in [6, 6.07) is 12.0. The van der Waals surface area contributed by atoms with Crippen LogP contribution in [0.4, 0.5) is 13.2 Å². The highest BCUT2D eigenvalue weighted by atomic mass is 35.5. The van der Waals surface area contributed by atoms with E-state index in [4.69, 9.17) is 21.1 Å². The van der Waals surface area contributed by atoms with Crippen LogP contribution in [0.2, 0.25) is 5.02 Å². The maximum absolute atomic E-state index is 13.7. The summed E-state index contributed by atoms with van der Waals surface area (Å²) in [5.74, 6) is 0.667. The maximum atomic E-state index is 13.7. The fourth-order valence-electron chi connectivity index (χ4n) is 3.30. The average molecular weight is 409 g/mol. The SMILES string of the molecule is COc1ccc2c3c(c(C(F)(F)F)nc2c1)CN(Cc1ccc(Cl)cc1)CO3. The Bertz CT molecular complexity index is 1020. The molecule has 0 atom stereocenters. The Labute approximate surface area is 164 Å². The van der Waals surface area contributed by atoms with Crippen LogP contribution in [-0.4, -0.2) is 23.7 Å². The van der Waals surface area contributed by atoms with E-state index in [9.17, 15) is 13.2 Å². The number of fused-ring (bicyclic) bond motifs is 3. The molecule has 0 saturated carbocycles. The second kappa shape index (κ2) is 7.14. The lowest BCUT2D eigenvalue weighted by Crippen LogP contribution is -2.33. The zero-order chi connectivity index (χ0) is 19.9. The molecule has 0 saturated heterocycles. The molecule has 1 aliphatic heterocycles. The summed E-state index contributed by atoms with van der Waals surface area (Å²) in [6.45, 7) is 0.703. The van der Waals surface area contributed by atoms with E-state index in [0.29, 0.717) is 22.7 Å². The molecular formula is C20H16ClF3N2O2. The highest BCUT2D eigenvalue weighted by molar-refractivity contribution is 6.30. The van der Waals surface area contributed by atoms with Crippen LogP contribution in [-0.2, 0) is 19.3 Å². The molecule has 4 rings (SSSR count). The lowest BCUT2D eigenvalue weighted by atomic mass is 10.0. The third kappa shape index (κ3) is 3.59. The van der Waals surface area contributed by atoms with E-state index in [2.05, 4.69) is 4.98 Å². The first-order valence-corrected chi connectivity index (χ1v) is 8.90. The molecule has 0 aliphatic carbocycles. The van der Waals surface area contributed by atoms with Crippen molar-refractivity contribution in [2.24, 2.45) is 0 Å². The fourth-order valence-corrected chi connectivity index (χ4v) is 3.43. The van der Waals surface area contributed by atoms with Gasteiger partial charge in [-0.15, -0.1) is 0 Å². The van der Waals surface area contributed by atoms with Gasteiger partial charge in [0.25, 0.3) is 0 Å². The Kier molecular flexibility index (Phi) is 4.81. The number of hydrogen-bond acceptors (Lipinski definition) is 4. The largest absolute Gasteiger partial charge is 0.497 e. The monoisotopic (exact) mass is 408 g/mol. The van der Waals surface area contributed by atoms with Gasteiger partial charge < -0.3 is 9.47 Å². The molecule has 0 N–H and O–H groups in total. The number of alkyl halides is 3. The first-order valence-electron chi connectivity index (χ1n) is 8.52. The number of ether oxygens (including phenoxy) is 2. The van der Waals surface area contributed by atoms with Gasteiger partial charge in [-0.05, 0) is 29.8 Å². The van der Waals surface area contributed by atoms with Gasteiger partial charge in [0.15, 0.2) is 5.69 Å².